The molecular weight excluding hydrogens is 404 g/mol. The van der Waals surface area contributed by atoms with Crippen LogP contribution in [0.25, 0.3) is 10.8 Å². The van der Waals surface area contributed by atoms with Crippen LogP contribution in [0.5, 0.6) is 0 Å². The topological polar surface area (TPSA) is 93.1 Å². The highest BCUT2D eigenvalue weighted by Crippen LogP contribution is 2.19. The van der Waals surface area contributed by atoms with Gasteiger partial charge in [-0.3, -0.25) is 14.4 Å². The minimum absolute atomic E-state index is 0.160. The number of nitrogens with zero attached hydrogens (tertiary/aromatic N) is 2. The summed E-state index contributed by atoms with van der Waals surface area (Å²) in [6.45, 7) is 3.67. The first-order valence-electron chi connectivity index (χ1n) is 10.2. The summed E-state index contributed by atoms with van der Waals surface area (Å²) in [4.78, 5) is 38.2. The number of hydrogen-bond acceptors (Lipinski definition) is 4. The maximum absolute atomic E-state index is 13.1. The van der Waals surface area contributed by atoms with Crippen LogP contribution in [0.2, 0.25) is 0 Å². The third-order valence-electron chi connectivity index (χ3n) is 4.95. The van der Waals surface area contributed by atoms with Crippen LogP contribution in [0.3, 0.4) is 0 Å². The lowest BCUT2D eigenvalue weighted by Crippen LogP contribution is -2.28. The van der Waals surface area contributed by atoms with Gasteiger partial charge in [-0.05, 0) is 50.2 Å². The molecule has 0 radical (unpaired) electrons. The van der Waals surface area contributed by atoms with E-state index in [1.807, 2.05) is 19.9 Å². The molecular formula is C25H22N4O3. The van der Waals surface area contributed by atoms with E-state index in [0.717, 1.165) is 0 Å². The summed E-state index contributed by atoms with van der Waals surface area (Å²) in [6, 6.07) is 22.4. The zero-order chi connectivity index (χ0) is 22.7. The summed E-state index contributed by atoms with van der Waals surface area (Å²) in [5, 5.41) is 10.9. The zero-order valence-electron chi connectivity index (χ0n) is 17.7. The van der Waals surface area contributed by atoms with Crippen LogP contribution in [0.4, 0.5) is 11.4 Å². The molecule has 2 N–H and O–H groups in total. The van der Waals surface area contributed by atoms with Crippen molar-refractivity contribution in [2.45, 2.75) is 19.9 Å². The Labute approximate surface area is 184 Å². The van der Waals surface area contributed by atoms with Gasteiger partial charge in [0.25, 0.3) is 17.4 Å². The Morgan fingerprint density at radius 2 is 1.38 bits per heavy atom. The van der Waals surface area contributed by atoms with E-state index >= 15 is 0 Å². The molecule has 0 saturated heterocycles. The van der Waals surface area contributed by atoms with Crippen LogP contribution >= 0.6 is 0 Å². The van der Waals surface area contributed by atoms with E-state index < -0.39 is 5.91 Å². The van der Waals surface area contributed by atoms with Gasteiger partial charge in [-0.2, -0.15) is 5.10 Å². The number of aromatic nitrogens is 2. The Morgan fingerprint density at radius 3 is 2.03 bits per heavy atom. The van der Waals surface area contributed by atoms with E-state index in [2.05, 4.69) is 15.7 Å². The lowest BCUT2D eigenvalue weighted by Gasteiger charge is -2.14. The highest BCUT2D eigenvalue weighted by Gasteiger charge is 2.18. The average Bonchev–Trinajstić information content (AvgIpc) is 2.80. The smallest absolute Gasteiger partial charge is 0.276 e. The van der Waals surface area contributed by atoms with Gasteiger partial charge in [0.15, 0.2) is 5.69 Å². The minimum Gasteiger partial charge on any atom is -0.322 e. The lowest BCUT2D eigenvalue weighted by molar-refractivity contribution is 0.101. The van der Waals surface area contributed by atoms with Crippen molar-refractivity contribution in [3.63, 3.8) is 0 Å². The van der Waals surface area contributed by atoms with Crippen molar-refractivity contribution in [1.29, 1.82) is 0 Å². The van der Waals surface area contributed by atoms with E-state index in [1.54, 1.807) is 72.8 Å². The highest BCUT2D eigenvalue weighted by molar-refractivity contribution is 6.11. The average molecular weight is 426 g/mol. The Hall–Kier alpha value is -4.26. The van der Waals surface area contributed by atoms with Crippen molar-refractivity contribution >= 4 is 34.0 Å². The van der Waals surface area contributed by atoms with Crippen molar-refractivity contribution < 1.29 is 9.59 Å². The number of anilines is 2. The van der Waals surface area contributed by atoms with Crippen molar-refractivity contribution in [3.05, 3.63) is 100 Å². The molecule has 3 aromatic carbocycles. The normalized spacial score (nSPS) is 10.8. The number of fused-ring (bicyclic) bond motifs is 1. The summed E-state index contributed by atoms with van der Waals surface area (Å²) in [7, 11) is 0. The van der Waals surface area contributed by atoms with Gasteiger partial charge in [-0.1, -0.05) is 42.5 Å². The van der Waals surface area contributed by atoms with Crippen LogP contribution in [0, 0.1) is 0 Å². The highest BCUT2D eigenvalue weighted by atomic mass is 16.2. The fourth-order valence-electron chi connectivity index (χ4n) is 3.38. The molecule has 1 aromatic heterocycles. The van der Waals surface area contributed by atoms with Crippen molar-refractivity contribution in [2.75, 3.05) is 10.6 Å². The second-order valence-electron chi connectivity index (χ2n) is 7.59. The van der Waals surface area contributed by atoms with Crippen molar-refractivity contribution in [3.8, 4) is 0 Å². The molecule has 32 heavy (non-hydrogen) atoms. The van der Waals surface area contributed by atoms with E-state index in [-0.39, 0.29) is 23.2 Å². The quantitative estimate of drug-likeness (QED) is 0.492. The first-order valence-corrected chi connectivity index (χ1v) is 10.2. The van der Waals surface area contributed by atoms with Gasteiger partial charge in [0.05, 0.1) is 11.4 Å². The monoisotopic (exact) mass is 426 g/mol. The van der Waals surface area contributed by atoms with Gasteiger partial charge < -0.3 is 10.6 Å². The standard InChI is InChI=1S/C25H22N4O3/c1-16(2)29-25(32)21-14-7-6-13-20(21)22(28-29)24(31)27-19-12-8-11-18(15-19)26-23(30)17-9-4-3-5-10-17/h3-16H,1-2H3,(H,26,30)(H,27,31). The summed E-state index contributed by atoms with van der Waals surface area (Å²) in [5.74, 6) is -0.687. The number of benzene rings is 3. The van der Waals surface area contributed by atoms with Gasteiger partial charge in [-0.25, -0.2) is 4.68 Å². The first-order chi connectivity index (χ1) is 15.4. The molecule has 1 heterocycles. The van der Waals surface area contributed by atoms with E-state index in [1.165, 1.54) is 4.68 Å². The molecule has 4 aromatic rings. The molecule has 4 rings (SSSR count). The van der Waals surface area contributed by atoms with Crippen molar-refractivity contribution in [1.82, 2.24) is 9.78 Å². The van der Waals surface area contributed by atoms with Gasteiger partial charge in [-0.15, -0.1) is 0 Å². The van der Waals surface area contributed by atoms with Crippen LogP contribution in [-0.2, 0) is 0 Å². The first kappa shape index (κ1) is 21.0. The Balaban J connectivity index is 1.62. The molecule has 0 bridgehead atoms. The number of nitrogens with one attached hydrogen (secondary N) is 2. The molecule has 7 heteroatoms. The number of hydrogen-bond donors (Lipinski definition) is 2. The van der Waals surface area contributed by atoms with Gasteiger partial charge in [0.2, 0.25) is 0 Å². The SMILES string of the molecule is CC(C)n1nc(C(=O)Nc2cccc(NC(=O)c3ccccc3)c2)c2ccccc2c1=O. The summed E-state index contributed by atoms with van der Waals surface area (Å²) >= 11 is 0. The third-order valence-corrected chi connectivity index (χ3v) is 4.95. The van der Waals surface area contributed by atoms with Crippen LogP contribution in [0.15, 0.2) is 83.7 Å². The molecule has 0 spiro atoms. The Bertz CT molecular complexity index is 1360. The Kier molecular flexibility index (Phi) is 5.81. The van der Waals surface area contributed by atoms with Crippen LogP contribution in [0.1, 0.15) is 40.7 Å². The molecule has 0 fully saturated rings. The van der Waals surface area contributed by atoms with E-state index in [9.17, 15) is 14.4 Å². The number of rotatable bonds is 5. The largest absolute Gasteiger partial charge is 0.322 e. The molecule has 2 amide bonds. The van der Waals surface area contributed by atoms with Crippen LogP contribution < -0.4 is 16.2 Å². The van der Waals surface area contributed by atoms with E-state index in [0.29, 0.717) is 27.7 Å². The molecule has 0 saturated carbocycles. The fraction of sp³-hybridized carbons (Fsp3) is 0.120. The zero-order valence-corrected chi connectivity index (χ0v) is 17.7. The van der Waals surface area contributed by atoms with Gasteiger partial charge in [0.1, 0.15) is 0 Å². The molecule has 0 aliphatic heterocycles. The number of carbonyl (C=O) groups is 2. The molecule has 0 aliphatic carbocycles. The van der Waals surface area contributed by atoms with Crippen LogP contribution in [-0.4, -0.2) is 21.6 Å². The van der Waals surface area contributed by atoms with Gasteiger partial charge >= 0.3 is 0 Å². The summed E-state index contributed by atoms with van der Waals surface area (Å²) in [5.41, 5.74) is 1.50. The number of amides is 2. The molecule has 7 nitrogen and oxygen atoms in total. The van der Waals surface area contributed by atoms with Gasteiger partial charge in [0, 0.05) is 22.3 Å². The van der Waals surface area contributed by atoms with E-state index in [4.69, 9.17) is 0 Å². The second-order valence-corrected chi connectivity index (χ2v) is 7.59. The molecule has 160 valence electrons. The predicted octanol–water partition coefficient (Wildman–Crippen LogP) is 4.48. The Morgan fingerprint density at radius 1 is 0.781 bits per heavy atom. The predicted molar refractivity (Wildman–Crippen MR) is 125 cm³/mol. The second kappa shape index (κ2) is 8.85. The minimum atomic E-state index is -0.442. The fourth-order valence-corrected chi connectivity index (χ4v) is 3.38. The molecule has 0 aliphatic rings. The lowest BCUT2D eigenvalue weighted by atomic mass is 10.1. The molecule has 0 atom stereocenters. The molecule has 0 unspecified atom stereocenters. The summed E-state index contributed by atoms with van der Waals surface area (Å²) in [6.07, 6.45) is 0. The maximum Gasteiger partial charge on any atom is 0.276 e. The maximum atomic E-state index is 13.1. The summed E-state index contributed by atoms with van der Waals surface area (Å²) < 4.78 is 1.31. The number of carbonyl (C=O) groups excluding carboxylic acids is 2. The van der Waals surface area contributed by atoms with Crippen molar-refractivity contribution in [2.24, 2.45) is 0 Å². The third kappa shape index (κ3) is 4.27.